The molecule has 0 saturated carbocycles. The molecule has 1 atom stereocenters. The summed E-state index contributed by atoms with van der Waals surface area (Å²) in [6, 6.07) is 7.73. The van der Waals surface area contributed by atoms with Crippen LogP contribution in [0.3, 0.4) is 0 Å². The van der Waals surface area contributed by atoms with Gasteiger partial charge in [0.25, 0.3) is 0 Å². The molecule has 1 unspecified atom stereocenters. The molecule has 0 aliphatic heterocycles. The predicted molar refractivity (Wildman–Crippen MR) is 75.3 cm³/mol. The third kappa shape index (κ3) is 4.69. The van der Waals surface area contributed by atoms with Crippen molar-refractivity contribution >= 4 is 24.0 Å². The molecule has 1 aromatic heterocycles. The minimum Gasteiger partial charge on any atom is -0.391 e. The van der Waals surface area contributed by atoms with Crippen LogP contribution in [0.15, 0.2) is 43.0 Å². The minimum atomic E-state index is -0.347. The highest BCUT2D eigenvalue weighted by atomic mass is 35.5. The normalized spacial score (nSPS) is 11.9. The number of aliphatic hydroxyl groups is 1. The average molecular weight is 287 g/mol. The maximum absolute atomic E-state index is 9.86. The molecule has 3 nitrogen and oxygen atoms in total. The summed E-state index contributed by atoms with van der Waals surface area (Å²) < 4.78 is 1.88. The molecule has 1 aromatic carbocycles. The van der Waals surface area contributed by atoms with Crippen molar-refractivity contribution in [3.63, 3.8) is 0 Å². The number of benzene rings is 1. The third-order valence-electron chi connectivity index (χ3n) is 2.66. The first-order chi connectivity index (χ1) is 8.24. The largest absolute Gasteiger partial charge is 0.391 e. The first-order valence-corrected chi connectivity index (χ1v) is 6.00. The van der Waals surface area contributed by atoms with Gasteiger partial charge in [0.2, 0.25) is 0 Å². The van der Waals surface area contributed by atoms with Crippen molar-refractivity contribution in [2.24, 2.45) is 0 Å². The molecule has 0 fully saturated rings. The van der Waals surface area contributed by atoms with E-state index in [1.54, 1.807) is 12.5 Å². The summed E-state index contributed by atoms with van der Waals surface area (Å²) in [5.74, 6) is 0. The molecule has 5 heteroatoms. The summed E-state index contributed by atoms with van der Waals surface area (Å²) in [6.07, 6.45) is 6.52. The molecular formula is C13H16Cl2N2O. The fourth-order valence-electron chi connectivity index (χ4n) is 1.71. The number of aliphatic hydroxyl groups excluding tert-OH is 1. The number of rotatable bonds is 5. The number of nitrogens with zero attached hydrogens (tertiary/aromatic N) is 2. The van der Waals surface area contributed by atoms with Gasteiger partial charge in [-0.2, -0.15) is 0 Å². The van der Waals surface area contributed by atoms with Crippen molar-refractivity contribution in [1.29, 1.82) is 0 Å². The standard InChI is InChI=1S/C13H15ClN2O.ClH/c14-12-4-1-11(2-5-12)3-6-13(17)9-16-8-7-15-10-16;/h1-2,4-5,7-8,10,13,17H,3,6,9H2;1H. The van der Waals surface area contributed by atoms with Crippen molar-refractivity contribution in [1.82, 2.24) is 9.55 Å². The number of hydrogen-bond acceptors (Lipinski definition) is 2. The van der Waals surface area contributed by atoms with E-state index in [4.69, 9.17) is 11.6 Å². The van der Waals surface area contributed by atoms with Gasteiger partial charge in [-0.25, -0.2) is 4.98 Å². The lowest BCUT2D eigenvalue weighted by Crippen LogP contribution is -2.15. The van der Waals surface area contributed by atoms with E-state index in [-0.39, 0.29) is 18.5 Å². The lowest BCUT2D eigenvalue weighted by Gasteiger charge is -2.11. The third-order valence-corrected chi connectivity index (χ3v) is 2.91. The van der Waals surface area contributed by atoms with Gasteiger partial charge in [-0.1, -0.05) is 23.7 Å². The lowest BCUT2D eigenvalue weighted by molar-refractivity contribution is 0.144. The zero-order chi connectivity index (χ0) is 12.1. The average Bonchev–Trinajstić information content (AvgIpc) is 2.81. The van der Waals surface area contributed by atoms with Gasteiger partial charge in [0.15, 0.2) is 0 Å². The number of hydrogen-bond donors (Lipinski definition) is 1. The molecule has 0 saturated heterocycles. The van der Waals surface area contributed by atoms with Crippen LogP contribution in [0.2, 0.25) is 5.02 Å². The van der Waals surface area contributed by atoms with E-state index < -0.39 is 0 Å². The van der Waals surface area contributed by atoms with Crippen LogP contribution in [0.25, 0.3) is 0 Å². The molecule has 98 valence electrons. The van der Waals surface area contributed by atoms with E-state index in [1.165, 1.54) is 5.56 Å². The van der Waals surface area contributed by atoms with Gasteiger partial charge < -0.3 is 9.67 Å². The number of halogens is 2. The highest BCUT2D eigenvalue weighted by Gasteiger charge is 2.05. The topological polar surface area (TPSA) is 38.0 Å². The van der Waals surface area contributed by atoms with Gasteiger partial charge in [0, 0.05) is 24.0 Å². The fraction of sp³-hybridized carbons (Fsp3) is 0.308. The predicted octanol–water partition coefficient (Wildman–Crippen LogP) is 2.95. The van der Waals surface area contributed by atoms with E-state index in [2.05, 4.69) is 4.98 Å². The second-order valence-electron chi connectivity index (χ2n) is 4.08. The number of imidazole rings is 1. The SMILES string of the molecule is Cl.OC(CCc1ccc(Cl)cc1)Cn1ccnc1. The van der Waals surface area contributed by atoms with Crippen LogP contribution < -0.4 is 0 Å². The molecule has 1 heterocycles. The van der Waals surface area contributed by atoms with Crippen molar-refractivity contribution in [2.75, 3.05) is 0 Å². The van der Waals surface area contributed by atoms with E-state index in [1.807, 2.05) is 35.0 Å². The molecule has 0 bridgehead atoms. The fourth-order valence-corrected chi connectivity index (χ4v) is 1.84. The zero-order valence-corrected chi connectivity index (χ0v) is 11.4. The maximum Gasteiger partial charge on any atom is 0.0946 e. The molecule has 1 N–H and O–H groups in total. The maximum atomic E-state index is 9.86. The van der Waals surface area contributed by atoms with Gasteiger partial charge in [-0.3, -0.25) is 0 Å². The van der Waals surface area contributed by atoms with Crippen LogP contribution in [0.1, 0.15) is 12.0 Å². The van der Waals surface area contributed by atoms with Gasteiger partial charge >= 0.3 is 0 Å². The highest BCUT2D eigenvalue weighted by Crippen LogP contribution is 2.12. The Morgan fingerprint density at radius 3 is 2.61 bits per heavy atom. The van der Waals surface area contributed by atoms with Crippen LogP contribution in [-0.4, -0.2) is 20.8 Å². The molecule has 0 radical (unpaired) electrons. The van der Waals surface area contributed by atoms with Crippen molar-refractivity contribution in [3.05, 3.63) is 53.6 Å². The van der Waals surface area contributed by atoms with Crippen LogP contribution in [0.4, 0.5) is 0 Å². The number of aromatic nitrogens is 2. The van der Waals surface area contributed by atoms with Crippen LogP contribution >= 0.6 is 24.0 Å². The first-order valence-electron chi connectivity index (χ1n) is 5.62. The van der Waals surface area contributed by atoms with Gasteiger partial charge in [0.1, 0.15) is 0 Å². The van der Waals surface area contributed by atoms with E-state index in [9.17, 15) is 5.11 Å². The van der Waals surface area contributed by atoms with E-state index >= 15 is 0 Å². The Kier molecular flexibility index (Phi) is 6.19. The summed E-state index contributed by atoms with van der Waals surface area (Å²) in [7, 11) is 0. The monoisotopic (exact) mass is 286 g/mol. The molecule has 2 aromatic rings. The van der Waals surface area contributed by atoms with Gasteiger partial charge in [-0.05, 0) is 30.5 Å². The quantitative estimate of drug-likeness (QED) is 0.918. The summed E-state index contributed by atoms with van der Waals surface area (Å²) in [5.41, 5.74) is 1.19. The lowest BCUT2D eigenvalue weighted by atomic mass is 10.1. The summed E-state index contributed by atoms with van der Waals surface area (Å²) in [4.78, 5) is 3.94. The summed E-state index contributed by atoms with van der Waals surface area (Å²) in [6.45, 7) is 0.591. The van der Waals surface area contributed by atoms with Crippen molar-refractivity contribution < 1.29 is 5.11 Å². The minimum absolute atomic E-state index is 0. The molecule has 0 aliphatic rings. The molecule has 18 heavy (non-hydrogen) atoms. The van der Waals surface area contributed by atoms with Gasteiger partial charge in [0.05, 0.1) is 12.4 Å². The Bertz CT molecular complexity index is 443. The molecular weight excluding hydrogens is 271 g/mol. The Morgan fingerprint density at radius 1 is 1.28 bits per heavy atom. The second-order valence-corrected chi connectivity index (χ2v) is 4.51. The number of aryl methyl sites for hydroxylation is 1. The second kappa shape index (κ2) is 7.41. The van der Waals surface area contributed by atoms with E-state index in [0.29, 0.717) is 6.54 Å². The molecule has 0 aliphatic carbocycles. The van der Waals surface area contributed by atoms with Gasteiger partial charge in [-0.15, -0.1) is 12.4 Å². The Labute approximate surface area is 118 Å². The Hall–Kier alpha value is -1.03. The summed E-state index contributed by atoms with van der Waals surface area (Å²) >= 11 is 5.81. The molecule has 0 spiro atoms. The first kappa shape index (κ1) is 15.0. The summed E-state index contributed by atoms with van der Waals surface area (Å²) in [5, 5.41) is 10.6. The van der Waals surface area contributed by atoms with Crippen LogP contribution in [0.5, 0.6) is 0 Å². The Morgan fingerprint density at radius 2 is 2.00 bits per heavy atom. The molecule has 2 rings (SSSR count). The van der Waals surface area contributed by atoms with Crippen molar-refractivity contribution in [2.45, 2.75) is 25.5 Å². The molecule has 0 amide bonds. The smallest absolute Gasteiger partial charge is 0.0946 e. The van der Waals surface area contributed by atoms with E-state index in [0.717, 1.165) is 17.9 Å². The van der Waals surface area contributed by atoms with Crippen LogP contribution in [-0.2, 0) is 13.0 Å². The highest BCUT2D eigenvalue weighted by molar-refractivity contribution is 6.30. The zero-order valence-electron chi connectivity index (χ0n) is 9.87. The van der Waals surface area contributed by atoms with Crippen LogP contribution in [0, 0.1) is 0 Å². The van der Waals surface area contributed by atoms with Crippen molar-refractivity contribution in [3.8, 4) is 0 Å². The Balaban J connectivity index is 0.00000162.